The van der Waals surface area contributed by atoms with E-state index in [4.69, 9.17) is 0 Å². The first kappa shape index (κ1) is 27.3. The molecule has 0 aromatic rings. The first-order valence-corrected chi connectivity index (χ1v) is 8.39. The van der Waals surface area contributed by atoms with Gasteiger partial charge in [0.2, 0.25) is 0 Å². The molecule has 0 aliphatic rings. The molecule has 3 nitrogen and oxygen atoms in total. The van der Waals surface area contributed by atoms with Gasteiger partial charge in [-0.05, 0) is 0 Å². The molecule has 0 spiro atoms. The first-order valence-electron chi connectivity index (χ1n) is 6.19. The van der Waals surface area contributed by atoms with E-state index >= 15 is 0 Å². The molecule has 0 fully saturated rings. The molecule has 0 aromatic carbocycles. The summed E-state index contributed by atoms with van der Waals surface area (Å²) in [5.74, 6) is 0. The summed E-state index contributed by atoms with van der Waals surface area (Å²) < 4.78 is 193. The van der Waals surface area contributed by atoms with Crippen LogP contribution in [0.5, 0.6) is 0 Å². The van der Waals surface area contributed by atoms with Gasteiger partial charge in [-0.25, -0.2) is 0 Å². The molecule has 0 bridgehead atoms. The molecule has 0 amide bonds. The van der Waals surface area contributed by atoms with Crippen molar-refractivity contribution in [1.82, 2.24) is 0 Å². The second-order valence-electron chi connectivity index (χ2n) is 5.34. The number of alkyl halides is 15. The molecule has 0 saturated heterocycles. The maximum absolute atomic E-state index is 12.7. The third kappa shape index (κ3) is 5.66. The molecule has 28 heavy (non-hydrogen) atoms. The predicted molar refractivity (Wildman–Crippen MR) is 59.8 cm³/mol. The molecule has 0 saturated carbocycles. The molecule has 1 atom stereocenters. The van der Waals surface area contributed by atoms with Gasteiger partial charge in [0.25, 0.3) is 0 Å². The molecule has 0 rings (SSSR count). The van der Waals surface area contributed by atoms with E-state index < -0.39 is 62.5 Å². The average molecular weight is 480 g/mol. The van der Waals surface area contributed by atoms with Crippen LogP contribution in [-0.4, -0.2) is 58.1 Å². The van der Waals surface area contributed by atoms with Crippen LogP contribution in [0.1, 0.15) is 6.92 Å². The molecule has 0 aliphatic heterocycles. The van der Waals surface area contributed by atoms with Crippen LogP contribution in [-0.2, 0) is 4.52 Å². The molecule has 19 heteroatoms. The second-order valence-corrected chi connectivity index (χ2v) is 8.73. The number of hydrogen-bond acceptors (Lipinski definition) is 3. The van der Waals surface area contributed by atoms with Crippen molar-refractivity contribution in [3.63, 3.8) is 0 Å². The quantitative estimate of drug-likeness (QED) is 0.429. The van der Waals surface area contributed by atoms with Gasteiger partial charge in [-0.2, -0.15) is 0 Å². The van der Waals surface area contributed by atoms with Gasteiger partial charge in [0.05, 0.1) is 0 Å². The van der Waals surface area contributed by atoms with Gasteiger partial charge in [0, 0.05) is 0 Å². The topological polar surface area (TPSA) is 49.7 Å². The summed E-state index contributed by atoms with van der Waals surface area (Å²) in [6, 6.07) is 0. The third-order valence-corrected chi connectivity index (χ3v) is 6.91. The van der Waals surface area contributed by atoms with Gasteiger partial charge in [-0.1, -0.05) is 0 Å². The van der Waals surface area contributed by atoms with Gasteiger partial charge in [0.1, 0.15) is 0 Å². The standard InChI is InChI=1S/C9H8F15O3P/c1-2(5(10,11)12)27-28(25,26,3(6(13,14)15)7(16,17)18)4(8(19,20)21)9(22,23)24/h2-4,25-26H,1H3. The fraction of sp³-hybridized carbons (Fsp3) is 1.00. The Kier molecular flexibility index (Phi) is 6.72. The predicted octanol–water partition coefficient (Wildman–Crippen LogP) is 5.22. The zero-order valence-corrected chi connectivity index (χ0v) is 13.5. The molecule has 0 heterocycles. The average Bonchev–Trinajstić information content (AvgIpc) is 2.14. The number of hydrogen-bond donors (Lipinski definition) is 2. The van der Waals surface area contributed by atoms with E-state index in [0.29, 0.717) is 0 Å². The Morgan fingerprint density at radius 3 is 0.893 bits per heavy atom. The van der Waals surface area contributed by atoms with Gasteiger partial charge < -0.3 is 0 Å². The van der Waals surface area contributed by atoms with Gasteiger partial charge in [-0.3, -0.25) is 0 Å². The van der Waals surface area contributed by atoms with Crippen LogP contribution < -0.4 is 0 Å². The van der Waals surface area contributed by atoms with Gasteiger partial charge in [0.15, 0.2) is 0 Å². The Hall–Kier alpha value is -0.740. The summed E-state index contributed by atoms with van der Waals surface area (Å²) in [6.07, 6.45) is -39.8. The maximum atomic E-state index is 12.7. The van der Waals surface area contributed by atoms with E-state index in [1.807, 2.05) is 0 Å². The summed E-state index contributed by atoms with van der Waals surface area (Å²) in [5, 5.41) is 0. The van der Waals surface area contributed by atoms with E-state index in [1.54, 1.807) is 0 Å². The van der Waals surface area contributed by atoms with Crippen LogP contribution in [0.3, 0.4) is 0 Å². The minimum absolute atomic E-state index is 0.610. The monoisotopic (exact) mass is 480 g/mol. The van der Waals surface area contributed by atoms with Crippen molar-refractivity contribution in [3.05, 3.63) is 0 Å². The second kappa shape index (κ2) is 6.91. The van der Waals surface area contributed by atoms with E-state index in [2.05, 4.69) is 4.52 Å². The fourth-order valence-electron chi connectivity index (χ4n) is 2.13. The summed E-state index contributed by atoms with van der Waals surface area (Å²) >= 11 is 0. The zero-order chi connectivity index (χ0) is 23.4. The van der Waals surface area contributed by atoms with Crippen molar-refractivity contribution in [2.75, 3.05) is 0 Å². The molecule has 0 radical (unpaired) electrons. The normalized spacial score (nSPS) is 18.4. The van der Waals surface area contributed by atoms with E-state index in [-0.39, 0.29) is 0 Å². The van der Waals surface area contributed by atoms with Crippen molar-refractivity contribution in [2.24, 2.45) is 0 Å². The number of rotatable bonds is 4. The summed E-state index contributed by atoms with van der Waals surface area (Å²) in [6.45, 7) is -0.610. The Bertz CT molecular complexity index is 490. The Labute approximate surface area is 144 Å². The molecular formula is C9H8F15O3P. The summed E-state index contributed by atoms with van der Waals surface area (Å²) in [4.78, 5) is 18.7. The van der Waals surface area contributed by atoms with E-state index in [0.717, 1.165) is 0 Å². The van der Waals surface area contributed by atoms with Crippen molar-refractivity contribution >= 4 is 7.28 Å². The number of halogens is 15. The van der Waals surface area contributed by atoms with Gasteiger partial charge in [-0.15, -0.1) is 0 Å². The molecule has 172 valence electrons. The van der Waals surface area contributed by atoms with Crippen molar-refractivity contribution < 1.29 is 80.2 Å². The first-order chi connectivity index (χ1) is 11.7. The van der Waals surface area contributed by atoms with Gasteiger partial charge >= 0.3 is 143 Å². The zero-order valence-electron chi connectivity index (χ0n) is 12.7. The molecular weight excluding hydrogens is 472 g/mol. The van der Waals surface area contributed by atoms with Crippen molar-refractivity contribution in [3.8, 4) is 0 Å². The Morgan fingerprint density at radius 1 is 0.536 bits per heavy atom. The van der Waals surface area contributed by atoms with Crippen LogP contribution >= 0.6 is 7.28 Å². The third-order valence-electron chi connectivity index (χ3n) is 3.05. The molecule has 0 aromatic heterocycles. The van der Waals surface area contributed by atoms with Crippen molar-refractivity contribution in [2.45, 2.75) is 55.2 Å². The summed E-state index contributed by atoms with van der Waals surface area (Å²) in [5.41, 5.74) is -12.7. The van der Waals surface area contributed by atoms with Crippen LogP contribution in [0, 0.1) is 0 Å². The molecule has 0 aliphatic carbocycles. The van der Waals surface area contributed by atoms with E-state index in [9.17, 15) is 75.6 Å². The fourth-order valence-corrected chi connectivity index (χ4v) is 5.64. The van der Waals surface area contributed by atoms with Crippen molar-refractivity contribution in [1.29, 1.82) is 0 Å². The van der Waals surface area contributed by atoms with Crippen LogP contribution in [0.2, 0.25) is 0 Å². The minimum atomic E-state index is -9.96. The van der Waals surface area contributed by atoms with Crippen LogP contribution in [0.4, 0.5) is 65.9 Å². The van der Waals surface area contributed by atoms with Crippen LogP contribution in [0.15, 0.2) is 0 Å². The SMILES string of the molecule is CC(OP(O)(O)(C(C(F)(F)F)C(F)(F)F)C(C(F)(F)F)C(F)(F)F)C(F)(F)F. The molecule has 1 unspecified atom stereocenters. The Morgan fingerprint density at radius 2 is 0.750 bits per heavy atom. The summed E-state index contributed by atoms with van der Waals surface area (Å²) in [7, 11) is -9.96. The molecule has 2 N–H and O–H groups in total. The van der Waals surface area contributed by atoms with Crippen LogP contribution in [0.25, 0.3) is 0 Å². The Balaban J connectivity index is 7.29. The van der Waals surface area contributed by atoms with E-state index in [1.165, 1.54) is 0 Å².